The Hall–Kier alpha value is -1.20. The Bertz CT molecular complexity index is 491. The van der Waals surface area contributed by atoms with Gasteiger partial charge in [-0.3, -0.25) is 4.98 Å². The maximum absolute atomic E-state index is 4.54. The summed E-state index contributed by atoms with van der Waals surface area (Å²) < 4.78 is 0. The van der Waals surface area contributed by atoms with Crippen molar-refractivity contribution >= 4 is 29.3 Å². The quantitative estimate of drug-likeness (QED) is 0.624. The lowest BCUT2D eigenvalue weighted by molar-refractivity contribution is 1.03. The highest BCUT2D eigenvalue weighted by Crippen LogP contribution is 2.20. The van der Waals surface area contributed by atoms with Crippen molar-refractivity contribution in [1.29, 1.82) is 0 Å². The van der Waals surface area contributed by atoms with Gasteiger partial charge in [0.05, 0.1) is 12.4 Å². The summed E-state index contributed by atoms with van der Waals surface area (Å²) in [7, 11) is 0. The average Bonchev–Trinajstić information content (AvgIpc) is 2.47. The summed E-state index contributed by atoms with van der Waals surface area (Å²) in [6.45, 7) is 0.919. The second-order valence-corrected chi connectivity index (χ2v) is 5.92. The van der Waals surface area contributed by atoms with Crippen LogP contribution in [0.2, 0.25) is 0 Å². The fourth-order valence-corrected chi connectivity index (χ4v) is 2.63. The molecule has 19 heavy (non-hydrogen) atoms. The van der Waals surface area contributed by atoms with Gasteiger partial charge in [0, 0.05) is 18.1 Å². The maximum Gasteiger partial charge on any atom is 0.145 e. The molecule has 1 heterocycles. The summed E-state index contributed by atoms with van der Waals surface area (Å²) in [5, 5.41) is 4.23. The van der Waals surface area contributed by atoms with E-state index in [1.165, 1.54) is 5.56 Å². The van der Waals surface area contributed by atoms with Crippen LogP contribution in [-0.2, 0) is 5.75 Å². The van der Waals surface area contributed by atoms with Gasteiger partial charge in [0.25, 0.3) is 0 Å². The van der Waals surface area contributed by atoms with E-state index in [0.717, 1.165) is 28.9 Å². The smallest absolute Gasteiger partial charge is 0.145 e. The Kier molecular flexibility index (Phi) is 6.04. The summed E-state index contributed by atoms with van der Waals surface area (Å²) >= 11 is 3.52. The zero-order valence-corrected chi connectivity index (χ0v) is 12.5. The molecule has 0 aliphatic heterocycles. The van der Waals surface area contributed by atoms with Crippen molar-refractivity contribution in [2.75, 3.05) is 23.9 Å². The van der Waals surface area contributed by atoms with Crippen LogP contribution in [0, 0.1) is 0 Å². The lowest BCUT2D eigenvalue weighted by Gasteiger charge is -2.06. The minimum atomic E-state index is 0.854. The average molecular weight is 291 g/mol. The van der Waals surface area contributed by atoms with Crippen molar-refractivity contribution in [1.82, 2.24) is 9.97 Å². The first-order valence-corrected chi connectivity index (χ1v) is 8.48. The topological polar surface area (TPSA) is 37.8 Å². The molecule has 0 fully saturated rings. The standard InChI is InChI=1S/C14H17N3S2/c1-18-8-7-16-13-9-15-10-14(17-13)19-11-12-5-3-2-4-6-12/h2-6,9-10H,7-8,11H2,1H3,(H,16,17). The van der Waals surface area contributed by atoms with Crippen LogP contribution in [0.4, 0.5) is 5.82 Å². The minimum Gasteiger partial charge on any atom is -0.368 e. The third-order valence-electron chi connectivity index (χ3n) is 2.45. The first kappa shape index (κ1) is 14.2. The zero-order valence-electron chi connectivity index (χ0n) is 10.9. The normalized spacial score (nSPS) is 10.4. The van der Waals surface area contributed by atoms with E-state index < -0.39 is 0 Å². The van der Waals surface area contributed by atoms with E-state index in [2.05, 4.69) is 45.8 Å². The van der Waals surface area contributed by atoms with Crippen LogP contribution >= 0.6 is 23.5 Å². The number of aromatic nitrogens is 2. The number of nitrogens with one attached hydrogen (secondary N) is 1. The zero-order chi connectivity index (χ0) is 13.3. The summed E-state index contributed by atoms with van der Waals surface area (Å²) in [6.07, 6.45) is 5.68. The lowest BCUT2D eigenvalue weighted by atomic mass is 10.2. The predicted molar refractivity (Wildman–Crippen MR) is 84.9 cm³/mol. The SMILES string of the molecule is CSCCNc1cncc(SCc2ccccc2)n1. The third kappa shape index (κ3) is 5.12. The minimum absolute atomic E-state index is 0.854. The van der Waals surface area contributed by atoms with Gasteiger partial charge in [-0.25, -0.2) is 4.98 Å². The largest absolute Gasteiger partial charge is 0.368 e. The Morgan fingerprint density at radius 2 is 2.00 bits per heavy atom. The third-order valence-corrected chi connectivity index (χ3v) is 4.04. The van der Waals surface area contributed by atoms with Crippen molar-refractivity contribution in [3.05, 3.63) is 48.3 Å². The van der Waals surface area contributed by atoms with E-state index in [1.54, 1.807) is 18.0 Å². The van der Waals surface area contributed by atoms with Crippen molar-refractivity contribution < 1.29 is 0 Å². The molecule has 2 rings (SSSR count). The number of thioether (sulfide) groups is 2. The fraction of sp³-hybridized carbons (Fsp3) is 0.286. The molecule has 3 nitrogen and oxygen atoms in total. The first-order chi connectivity index (χ1) is 9.38. The van der Waals surface area contributed by atoms with Gasteiger partial charge in [-0.2, -0.15) is 11.8 Å². The molecule has 0 bridgehead atoms. The first-order valence-electron chi connectivity index (χ1n) is 6.10. The maximum atomic E-state index is 4.54. The highest BCUT2D eigenvalue weighted by Gasteiger charge is 2.00. The van der Waals surface area contributed by atoms with Gasteiger partial charge in [0.15, 0.2) is 0 Å². The van der Waals surface area contributed by atoms with Crippen LogP contribution < -0.4 is 5.32 Å². The number of benzene rings is 1. The van der Waals surface area contributed by atoms with E-state index in [-0.39, 0.29) is 0 Å². The molecule has 1 aromatic heterocycles. The Morgan fingerprint density at radius 1 is 1.16 bits per heavy atom. The summed E-state index contributed by atoms with van der Waals surface area (Å²) in [5.74, 6) is 2.85. The monoisotopic (exact) mass is 291 g/mol. The highest BCUT2D eigenvalue weighted by molar-refractivity contribution is 7.98. The van der Waals surface area contributed by atoms with Crippen LogP contribution in [0.25, 0.3) is 0 Å². The Balaban J connectivity index is 1.88. The van der Waals surface area contributed by atoms with Crippen LogP contribution in [-0.4, -0.2) is 28.5 Å². The fourth-order valence-electron chi connectivity index (χ4n) is 1.52. The molecule has 0 aliphatic rings. The molecule has 0 atom stereocenters. The van der Waals surface area contributed by atoms with E-state index in [1.807, 2.05) is 24.0 Å². The Morgan fingerprint density at radius 3 is 2.79 bits per heavy atom. The molecular formula is C14H17N3S2. The molecule has 5 heteroatoms. The molecule has 0 aliphatic carbocycles. The molecule has 0 saturated heterocycles. The summed E-state index contributed by atoms with van der Waals surface area (Å²) in [4.78, 5) is 8.76. The van der Waals surface area contributed by atoms with Gasteiger partial charge < -0.3 is 5.32 Å². The van der Waals surface area contributed by atoms with Gasteiger partial charge in [-0.15, -0.1) is 11.8 Å². The van der Waals surface area contributed by atoms with Crippen LogP contribution in [0.1, 0.15) is 5.56 Å². The van der Waals surface area contributed by atoms with Crippen LogP contribution in [0.5, 0.6) is 0 Å². The number of hydrogen-bond acceptors (Lipinski definition) is 5. The van der Waals surface area contributed by atoms with Crippen molar-refractivity contribution in [2.24, 2.45) is 0 Å². The van der Waals surface area contributed by atoms with Crippen molar-refractivity contribution in [3.63, 3.8) is 0 Å². The molecule has 0 spiro atoms. The van der Waals surface area contributed by atoms with E-state index in [9.17, 15) is 0 Å². The van der Waals surface area contributed by atoms with E-state index >= 15 is 0 Å². The molecule has 100 valence electrons. The van der Waals surface area contributed by atoms with Crippen LogP contribution in [0.15, 0.2) is 47.8 Å². The molecular weight excluding hydrogens is 274 g/mol. The van der Waals surface area contributed by atoms with Crippen LogP contribution in [0.3, 0.4) is 0 Å². The van der Waals surface area contributed by atoms with Gasteiger partial charge in [-0.1, -0.05) is 30.3 Å². The molecule has 0 amide bonds. The summed E-state index contributed by atoms with van der Waals surface area (Å²) in [6, 6.07) is 10.4. The number of nitrogens with zero attached hydrogens (tertiary/aromatic N) is 2. The summed E-state index contributed by atoms with van der Waals surface area (Å²) in [5.41, 5.74) is 1.30. The number of hydrogen-bond donors (Lipinski definition) is 1. The molecule has 1 aromatic carbocycles. The molecule has 0 radical (unpaired) electrons. The van der Waals surface area contributed by atoms with Crippen molar-refractivity contribution in [2.45, 2.75) is 10.8 Å². The molecule has 2 aromatic rings. The number of anilines is 1. The highest BCUT2D eigenvalue weighted by atomic mass is 32.2. The molecule has 1 N–H and O–H groups in total. The van der Waals surface area contributed by atoms with Crippen molar-refractivity contribution in [3.8, 4) is 0 Å². The van der Waals surface area contributed by atoms with E-state index in [0.29, 0.717) is 0 Å². The van der Waals surface area contributed by atoms with Gasteiger partial charge in [0.1, 0.15) is 10.8 Å². The van der Waals surface area contributed by atoms with Gasteiger partial charge >= 0.3 is 0 Å². The predicted octanol–water partition coefficient (Wildman–Crippen LogP) is 3.54. The number of rotatable bonds is 7. The molecule has 0 unspecified atom stereocenters. The Labute approximate surface area is 122 Å². The molecule has 0 saturated carbocycles. The van der Waals surface area contributed by atoms with Gasteiger partial charge in [0.2, 0.25) is 0 Å². The van der Waals surface area contributed by atoms with E-state index in [4.69, 9.17) is 0 Å². The second-order valence-electron chi connectivity index (χ2n) is 3.94. The second kappa shape index (κ2) is 8.07. The van der Waals surface area contributed by atoms with Gasteiger partial charge in [-0.05, 0) is 11.8 Å². The lowest BCUT2D eigenvalue weighted by Crippen LogP contribution is -2.05.